The highest BCUT2D eigenvalue weighted by atomic mass is 32.2. The van der Waals surface area contributed by atoms with E-state index >= 15 is 0 Å². The predicted molar refractivity (Wildman–Crippen MR) is 143 cm³/mol. The zero-order chi connectivity index (χ0) is 28.1. The van der Waals surface area contributed by atoms with Crippen LogP contribution in [0.2, 0.25) is 0 Å². The number of hydrogen-bond acceptors (Lipinski definition) is 10. The first-order valence-electron chi connectivity index (χ1n) is 14.2. The Hall–Kier alpha value is -2.84. The van der Waals surface area contributed by atoms with Crippen molar-refractivity contribution in [1.29, 1.82) is 0 Å². The van der Waals surface area contributed by atoms with Crippen molar-refractivity contribution in [3.05, 3.63) is 16.9 Å². The Morgan fingerprint density at radius 3 is 2.77 bits per heavy atom. The Morgan fingerprint density at radius 1 is 1.23 bits per heavy atom. The summed E-state index contributed by atoms with van der Waals surface area (Å²) in [4.78, 5) is 55.6. The Morgan fingerprint density at radius 2 is 2.02 bits per heavy atom. The molecule has 0 saturated carbocycles. The SMILES string of the molecule is C[C@@H](CC(=O)Cn1cnnn1)[C@H]1C(=O)N2C(C(=O)O)=C(S[C@@H]3CN[C@H](C(=O)N4CCC5CNCC5C4)C3)[C@H](C)[C@H]12. The summed E-state index contributed by atoms with van der Waals surface area (Å²) >= 11 is 1.49. The van der Waals surface area contributed by atoms with E-state index in [-0.39, 0.29) is 65.4 Å². The number of ketones is 1. The van der Waals surface area contributed by atoms with Crippen molar-refractivity contribution in [3.63, 3.8) is 0 Å². The molecule has 0 radical (unpaired) electrons. The second-order valence-corrected chi connectivity index (χ2v) is 13.3. The van der Waals surface area contributed by atoms with E-state index in [2.05, 4.69) is 26.2 Å². The van der Waals surface area contributed by atoms with Gasteiger partial charge in [-0.2, -0.15) is 0 Å². The van der Waals surface area contributed by atoms with E-state index in [1.54, 1.807) is 0 Å². The minimum Gasteiger partial charge on any atom is -0.477 e. The number of nitrogens with one attached hydrogen (secondary N) is 2. The number of carbonyl (C=O) groups excluding carboxylic acids is 3. The number of hydrogen-bond donors (Lipinski definition) is 3. The fraction of sp³-hybridized carbons (Fsp3) is 0.731. The van der Waals surface area contributed by atoms with Crippen molar-refractivity contribution >= 4 is 35.3 Å². The minimum absolute atomic E-state index is 0.0338. The van der Waals surface area contributed by atoms with Gasteiger partial charge >= 0.3 is 5.97 Å². The lowest BCUT2D eigenvalue weighted by atomic mass is 9.73. The highest BCUT2D eigenvalue weighted by Crippen LogP contribution is 2.53. The van der Waals surface area contributed by atoms with E-state index in [1.807, 2.05) is 18.7 Å². The molecule has 4 fully saturated rings. The highest BCUT2D eigenvalue weighted by molar-refractivity contribution is 8.03. The van der Waals surface area contributed by atoms with E-state index in [9.17, 15) is 24.3 Å². The second-order valence-electron chi connectivity index (χ2n) is 11.9. The quantitative estimate of drug-likeness (QED) is 0.329. The molecule has 2 unspecified atom stereocenters. The molecule has 0 bridgehead atoms. The summed E-state index contributed by atoms with van der Waals surface area (Å²) in [7, 11) is 0. The van der Waals surface area contributed by atoms with E-state index in [1.165, 1.54) is 27.7 Å². The van der Waals surface area contributed by atoms with Crippen LogP contribution in [0.15, 0.2) is 16.9 Å². The molecule has 1 aromatic rings. The van der Waals surface area contributed by atoms with E-state index in [4.69, 9.17) is 0 Å². The molecule has 4 saturated heterocycles. The number of aliphatic carboxylic acids is 1. The van der Waals surface area contributed by atoms with Crippen LogP contribution in [0.1, 0.15) is 33.1 Å². The lowest BCUT2D eigenvalue weighted by Crippen LogP contribution is -2.62. The number of rotatable bonds is 9. The van der Waals surface area contributed by atoms with Gasteiger partial charge < -0.3 is 25.5 Å². The molecule has 0 aromatic carbocycles. The van der Waals surface area contributed by atoms with Crippen LogP contribution < -0.4 is 10.6 Å². The maximum absolute atomic E-state index is 13.3. The number of tetrazole rings is 1. The zero-order valence-corrected chi connectivity index (χ0v) is 23.5. The van der Waals surface area contributed by atoms with Gasteiger partial charge in [-0.15, -0.1) is 16.9 Å². The van der Waals surface area contributed by atoms with Crippen LogP contribution in [0, 0.1) is 29.6 Å². The van der Waals surface area contributed by atoms with Crippen molar-refractivity contribution < 1.29 is 24.3 Å². The summed E-state index contributed by atoms with van der Waals surface area (Å²) in [6.45, 7) is 8.09. The van der Waals surface area contributed by atoms with Crippen LogP contribution in [0.25, 0.3) is 0 Å². The molecular formula is C26H36N8O5S. The number of carboxylic acid groups (broad SMARTS) is 1. The molecule has 2 amide bonds. The number of aromatic nitrogens is 4. The van der Waals surface area contributed by atoms with Gasteiger partial charge in [0.2, 0.25) is 11.8 Å². The van der Waals surface area contributed by atoms with Crippen molar-refractivity contribution in [3.8, 4) is 0 Å². The Balaban J connectivity index is 1.08. The molecule has 0 spiro atoms. The third-order valence-electron chi connectivity index (χ3n) is 9.38. The molecule has 5 aliphatic rings. The molecule has 8 atom stereocenters. The third kappa shape index (κ3) is 4.83. The number of β-lactam (4-membered cyclic amide) rings is 1. The fourth-order valence-electron chi connectivity index (χ4n) is 7.37. The molecule has 1 aromatic heterocycles. The van der Waals surface area contributed by atoms with Crippen LogP contribution in [0.3, 0.4) is 0 Å². The number of carboxylic acids is 1. The third-order valence-corrected chi connectivity index (χ3v) is 10.9. The molecule has 40 heavy (non-hydrogen) atoms. The molecule has 14 heteroatoms. The predicted octanol–water partition coefficient (Wildman–Crippen LogP) is -0.427. The van der Waals surface area contributed by atoms with Gasteiger partial charge in [0.1, 0.15) is 18.6 Å². The van der Waals surface area contributed by atoms with Crippen LogP contribution in [0.4, 0.5) is 0 Å². The number of piperidine rings is 1. The Labute approximate surface area is 236 Å². The Bertz CT molecular complexity index is 1220. The van der Waals surface area contributed by atoms with E-state index < -0.39 is 11.9 Å². The summed E-state index contributed by atoms with van der Waals surface area (Å²) < 4.78 is 1.35. The van der Waals surface area contributed by atoms with Crippen LogP contribution in [0.5, 0.6) is 0 Å². The van der Waals surface area contributed by atoms with Gasteiger partial charge in [0, 0.05) is 42.1 Å². The first-order valence-corrected chi connectivity index (χ1v) is 15.0. The van der Waals surface area contributed by atoms with Crippen LogP contribution >= 0.6 is 11.8 Å². The molecule has 5 aliphatic heterocycles. The maximum Gasteiger partial charge on any atom is 0.353 e. The average molecular weight is 573 g/mol. The topological polar surface area (TPSA) is 163 Å². The number of thioether (sulfide) groups is 1. The summed E-state index contributed by atoms with van der Waals surface area (Å²) in [6, 6.07) is -0.559. The van der Waals surface area contributed by atoms with E-state index in [0.29, 0.717) is 29.7 Å². The normalized spacial score (nSPS) is 34.0. The first kappa shape index (κ1) is 27.3. The number of Topliss-reactive ketones (excluding diaryl/α,β-unsaturated/α-hetero) is 1. The van der Waals surface area contributed by atoms with Gasteiger partial charge in [-0.3, -0.25) is 14.4 Å². The summed E-state index contributed by atoms with van der Waals surface area (Å²) in [5.41, 5.74) is 0.0570. The van der Waals surface area contributed by atoms with Gasteiger partial charge in [-0.1, -0.05) is 13.8 Å². The van der Waals surface area contributed by atoms with Crippen molar-refractivity contribution in [2.75, 3.05) is 32.7 Å². The van der Waals surface area contributed by atoms with E-state index in [0.717, 1.165) is 32.6 Å². The smallest absolute Gasteiger partial charge is 0.353 e. The lowest BCUT2D eigenvalue weighted by molar-refractivity contribution is -0.160. The van der Waals surface area contributed by atoms with Gasteiger partial charge in [-0.05, 0) is 54.1 Å². The summed E-state index contributed by atoms with van der Waals surface area (Å²) in [5, 5.41) is 27.7. The number of fused-ring (bicyclic) bond motifs is 2. The Kier molecular flexibility index (Phi) is 7.42. The molecule has 0 aliphatic carbocycles. The van der Waals surface area contributed by atoms with Gasteiger partial charge in [0.05, 0.1) is 18.0 Å². The molecular weight excluding hydrogens is 536 g/mol. The fourth-order valence-corrected chi connectivity index (χ4v) is 8.85. The maximum atomic E-state index is 13.3. The monoisotopic (exact) mass is 572 g/mol. The van der Waals surface area contributed by atoms with Crippen LogP contribution in [-0.4, -0.2) is 109 Å². The zero-order valence-electron chi connectivity index (χ0n) is 22.7. The highest BCUT2D eigenvalue weighted by Gasteiger charge is 2.60. The van der Waals surface area contributed by atoms with Crippen LogP contribution in [-0.2, 0) is 25.7 Å². The molecule has 6 heterocycles. The van der Waals surface area contributed by atoms with Gasteiger partial charge in [-0.25, -0.2) is 9.48 Å². The number of carbonyl (C=O) groups is 4. The second kappa shape index (κ2) is 10.9. The molecule has 3 N–H and O–H groups in total. The van der Waals surface area contributed by atoms with Crippen molar-refractivity contribution in [2.24, 2.45) is 29.6 Å². The number of nitrogens with zero attached hydrogens (tertiary/aromatic N) is 6. The lowest BCUT2D eigenvalue weighted by Gasteiger charge is -2.47. The number of amides is 2. The summed E-state index contributed by atoms with van der Waals surface area (Å²) in [5.74, 6) is -0.944. The molecule has 6 rings (SSSR count). The first-order chi connectivity index (χ1) is 19.2. The molecule has 13 nitrogen and oxygen atoms in total. The number of likely N-dealkylation sites (tertiary alicyclic amines) is 1. The van der Waals surface area contributed by atoms with Crippen molar-refractivity contribution in [2.45, 2.75) is 57.0 Å². The largest absolute Gasteiger partial charge is 0.477 e. The van der Waals surface area contributed by atoms with Gasteiger partial charge in [0.25, 0.3) is 0 Å². The van der Waals surface area contributed by atoms with Gasteiger partial charge in [0.15, 0.2) is 5.78 Å². The summed E-state index contributed by atoms with van der Waals surface area (Å²) in [6.07, 6.45) is 3.21. The standard InChI is InChI=1S/C26H36N8O5S/c1-13(5-17(35)11-33-12-29-30-31-33)20-21-14(2)23(22(26(38)39)34(21)25(20)37)40-18-6-19(28-9-18)24(36)32-4-3-15-7-27-8-16(15)10-32/h12-16,18-21,27-28H,3-11H2,1-2H3,(H,38,39)/t13-,14+,15?,16?,18-,19-,20+,21+/m0/s1. The average Bonchev–Trinajstić information content (AvgIpc) is 3.71. The molecule has 216 valence electrons. The van der Waals surface area contributed by atoms with Crippen molar-refractivity contribution in [1.82, 2.24) is 40.6 Å². The minimum atomic E-state index is -1.11.